The average Bonchev–Trinajstić information content (AvgIpc) is 2.91. The van der Waals surface area contributed by atoms with Gasteiger partial charge in [-0.05, 0) is 35.9 Å². The van der Waals surface area contributed by atoms with Crippen molar-refractivity contribution in [2.24, 2.45) is 0 Å². The number of nitrogens with zero attached hydrogens (tertiary/aromatic N) is 2. The van der Waals surface area contributed by atoms with Crippen molar-refractivity contribution in [3.05, 3.63) is 64.9 Å². The number of aromatic nitrogens is 2. The Labute approximate surface area is 121 Å². The summed E-state index contributed by atoms with van der Waals surface area (Å²) in [6, 6.07) is 14.9. The Balaban J connectivity index is 1.84. The average molecular weight is 286 g/mol. The van der Waals surface area contributed by atoms with Crippen molar-refractivity contribution in [2.75, 3.05) is 5.73 Å². The van der Waals surface area contributed by atoms with E-state index in [2.05, 4.69) is 10.1 Å². The van der Waals surface area contributed by atoms with E-state index in [1.807, 2.05) is 36.4 Å². The minimum atomic E-state index is 0.479. The molecule has 0 radical (unpaired) electrons. The van der Waals surface area contributed by atoms with Gasteiger partial charge < -0.3 is 10.3 Å². The first-order chi connectivity index (χ1) is 9.72. The molecule has 0 aliphatic rings. The second-order valence-electron chi connectivity index (χ2n) is 4.41. The first kappa shape index (κ1) is 12.7. The molecule has 20 heavy (non-hydrogen) atoms. The van der Waals surface area contributed by atoms with Crippen molar-refractivity contribution in [3.8, 4) is 11.5 Å². The first-order valence-electron chi connectivity index (χ1n) is 6.14. The summed E-state index contributed by atoms with van der Waals surface area (Å²) in [6.45, 7) is 0. The number of anilines is 1. The maximum atomic E-state index is 6.12. The van der Waals surface area contributed by atoms with Crippen molar-refractivity contribution in [2.45, 2.75) is 6.42 Å². The first-order valence-corrected chi connectivity index (χ1v) is 6.52. The fourth-order valence-corrected chi connectivity index (χ4v) is 2.08. The van der Waals surface area contributed by atoms with Crippen molar-refractivity contribution >= 4 is 17.3 Å². The molecule has 3 aromatic rings. The van der Waals surface area contributed by atoms with Crippen molar-refractivity contribution in [1.29, 1.82) is 0 Å². The Morgan fingerprint density at radius 3 is 2.55 bits per heavy atom. The third-order valence-electron chi connectivity index (χ3n) is 2.93. The summed E-state index contributed by atoms with van der Waals surface area (Å²) < 4.78 is 5.26. The molecule has 100 valence electrons. The van der Waals surface area contributed by atoms with E-state index in [0.717, 1.165) is 11.1 Å². The van der Waals surface area contributed by atoms with Crippen molar-refractivity contribution in [3.63, 3.8) is 0 Å². The monoisotopic (exact) mass is 285 g/mol. The van der Waals surface area contributed by atoms with Gasteiger partial charge in [-0.2, -0.15) is 4.98 Å². The summed E-state index contributed by atoms with van der Waals surface area (Å²) in [5.41, 5.74) is 8.16. The van der Waals surface area contributed by atoms with Crippen LogP contribution < -0.4 is 5.73 Å². The van der Waals surface area contributed by atoms with Gasteiger partial charge in [0.25, 0.3) is 5.89 Å². The number of hydrogen-bond acceptors (Lipinski definition) is 4. The van der Waals surface area contributed by atoms with Crippen LogP contribution in [0.3, 0.4) is 0 Å². The normalized spacial score (nSPS) is 10.7. The molecule has 0 aliphatic heterocycles. The summed E-state index contributed by atoms with van der Waals surface area (Å²) >= 11 is 6.12. The predicted molar refractivity (Wildman–Crippen MR) is 78.4 cm³/mol. The van der Waals surface area contributed by atoms with E-state index in [4.69, 9.17) is 21.9 Å². The van der Waals surface area contributed by atoms with Gasteiger partial charge in [-0.1, -0.05) is 35.0 Å². The van der Waals surface area contributed by atoms with Crippen LogP contribution in [0.15, 0.2) is 53.1 Å². The van der Waals surface area contributed by atoms with Crippen LogP contribution in [0.1, 0.15) is 11.4 Å². The van der Waals surface area contributed by atoms with Crippen molar-refractivity contribution in [1.82, 2.24) is 10.1 Å². The largest absolute Gasteiger partial charge is 0.399 e. The fourth-order valence-electron chi connectivity index (χ4n) is 1.88. The summed E-state index contributed by atoms with van der Waals surface area (Å²) in [5, 5.41) is 4.68. The highest BCUT2D eigenvalue weighted by molar-refractivity contribution is 6.31. The van der Waals surface area contributed by atoms with E-state index in [-0.39, 0.29) is 0 Å². The topological polar surface area (TPSA) is 64.9 Å². The quantitative estimate of drug-likeness (QED) is 0.747. The van der Waals surface area contributed by atoms with E-state index in [1.165, 1.54) is 0 Å². The minimum Gasteiger partial charge on any atom is -0.399 e. The molecule has 0 bridgehead atoms. The van der Waals surface area contributed by atoms with E-state index < -0.39 is 0 Å². The lowest BCUT2D eigenvalue weighted by Crippen LogP contribution is -1.91. The maximum Gasteiger partial charge on any atom is 0.257 e. The van der Waals surface area contributed by atoms with E-state index in [9.17, 15) is 0 Å². The van der Waals surface area contributed by atoms with Crippen molar-refractivity contribution < 1.29 is 4.52 Å². The third-order valence-corrected chi connectivity index (χ3v) is 3.30. The van der Waals surface area contributed by atoms with Gasteiger partial charge in [0.05, 0.1) is 0 Å². The lowest BCUT2D eigenvalue weighted by molar-refractivity contribution is 0.424. The molecular weight excluding hydrogens is 274 g/mol. The van der Waals surface area contributed by atoms with Gasteiger partial charge in [0.2, 0.25) is 0 Å². The molecule has 3 rings (SSSR count). The van der Waals surface area contributed by atoms with Gasteiger partial charge in [0, 0.05) is 22.7 Å². The van der Waals surface area contributed by atoms with Gasteiger partial charge in [-0.15, -0.1) is 0 Å². The SMILES string of the molecule is Nc1ccc(-c2nc(Cc3ccccc3Cl)no2)cc1. The molecule has 0 fully saturated rings. The fraction of sp³-hybridized carbons (Fsp3) is 0.0667. The van der Waals surface area contributed by atoms with Crippen LogP contribution >= 0.6 is 11.6 Å². The zero-order valence-electron chi connectivity index (χ0n) is 10.6. The lowest BCUT2D eigenvalue weighted by atomic mass is 10.1. The molecule has 1 heterocycles. The Morgan fingerprint density at radius 2 is 1.80 bits per heavy atom. The van der Waals surface area contributed by atoms with Crippen LogP contribution in [0.5, 0.6) is 0 Å². The molecule has 0 saturated carbocycles. The summed E-state index contributed by atoms with van der Waals surface area (Å²) in [4.78, 5) is 4.37. The molecule has 0 saturated heterocycles. The molecule has 1 aromatic heterocycles. The number of benzene rings is 2. The van der Waals surface area contributed by atoms with Gasteiger partial charge in [0.15, 0.2) is 5.82 Å². The van der Waals surface area contributed by atoms with Gasteiger partial charge in [0.1, 0.15) is 0 Å². The Morgan fingerprint density at radius 1 is 1.05 bits per heavy atom. The smallest absolute Gasteiger partial charge is 0.257 e. The number of hydrogen-bond donors (Lipinski definition) is 1. The Bertz CT molecular complexity index is 722. The second-order valence-corrected chi connectivity index (χ2v) is 4.81. The number of halogens is 1. The highest BCUT2D eigenvalue weighted by Gasteiger charge is 2.10. The molecule has 0 unspecified atom stereocenters. The summed E-state index contributed by atoms with van der Waals surface area (Å²) in [7, 11) is 0. The number of nitrogen functional groups attached to an aromatic ring is 1. The molecule has 2 N–H and O–H groups in total. The van der Waals surface area contributed by atoms with Crippen LogP contribution in [0.4, 0.5) is 5.69 Å². The van der Waals surface area contributed by atoms with E-state index >= 15 is 0 Å². The molecule has 0 spiro atoms. The van der Waals surface area contributed by atoms with Crippen LogP contribution in [-0.4, -0.2) is 10.1 Å². The third kappa shape index (κ3) is 2.65. The molecule has 4 nitrogen and oxygen atoms in total. The van der Waals surface area contributed by atoms with Crippen LogP contribution in [0.2, 0.25) is 5.02 Å². The highest BCUT2D eigenvalue weighted by atomic mass is 35.5. The molecular formula is C15H12ClN3O. The summed E-state index contributed by atoms with van der Waals surface area (Å²) in [6.07, 6.45) is 0.540. The highest BCUT2D eigenvalue weighted by Crippen LogP contribution is 2.21. The van der Waals surface area contributed by atoms with E-state index in [0.29, 0.717) is 28.8 Å². The van der Waals surface area contributed by atoms with Crippen LogP contribution in [0.25, 0.3) is 11.5 Å². The van der Waals surface area contributed by atoms with Gasteiger partial charge in [-0.25, -0.2) is 0 Å². The van der Waals surface area contributed by atoms with Crippen LogP contribution in [-0.2, 0) is 6.42 Å². The van der Waals surface area contributed by atoms with Crippen LogP contribution in [0, 0.1) is 0 Å². The zero-order valence-corrected chi connectivity index (χ0v) is 11.3. The van der Waals surface area contributed by atoms with Gasteiger partial charge >= 0.3 is 0 Å². The Kier molecular flexibility index (Phi) is 3.39. The Hall–Kier alpha value is -2.33. The molecule has 0 amide bonds. The number of rotatable bonds is 3. The molecule has 5 heteroatoms. The number of nitrogens with two attached hydrogens (primary N) is 1. The second kappa shape index (κ2) is 5.35. The predicted octanol–water partition coefficient (Wildman–Crippen LogP) is 3.56. The molecule has 0 aliphatic carbocycles. The molecule has 2 aromatic carbocycles. The standard InChI is InChI=1S/C15H12ClN3O/c16-13-4-2-1-3-11(13)9-14-18-15(20-19-14)10-5-7-12(17)8-6-10/h1-8H,9,17H2. The lowest BCUT2D eigenvalue weighted by Gasteiger charge is -1.99. The molecule has 0 atom stereocenters. The van der Waals surface area contributed by atoms with Gasteiger partial charge in [-0.3, -0.25) is 0 Å². The minimum absolute atomic E-state index is 0.479. The zero-order chi connectivity index (χ0) is 13.9. The summed E-state index contributed by atoms with van der Waals surface area (Å²) in [5.74, 6) is 1.08. The van der Waals surface area contributed by atoms with E-state index in [1.54, 1.807) is 12.1 Å². The maximum absolute atomic E-state index is 6.12.